The minimum absolute atomic E-state index is 0.137. The van der Waals surface area contributed by atoms with Gasteiger partial charge in [-0.15, -0.1) is 0 Å². The van der Waals surface area contributed by atoms with Gasteiger partial charge in [0, 0.05) is 11.4 Å². The van der Waals surface area contributed by atoms with E-state index in [0.29, 0.717) is 5.69 Å². The lowest BCUT2D eigenvalue weighted by Crippen LogP contribution is -2.04. The highest BCUT2D eigenvalue weighted by molar-refractivity contribution is 5.67. The van der Waals surface area contributed by atoms with Crippen molar-refractivity contribution in [3.8, 4) is 0 Å². The number of rotatable bonds is 5. The van der Waals surface area contributed by atoms with Crippen LogP contribution in [0.4, 0.5) is 28.8 Å². The molecule has 2 aromatic carbocycles. The first-order chi connectivity index (χ1) is 12.0. The van der Waals surface area contributed by atoms with Crippen LogP contribution in [0.3, 0.4) is 0 Å². The fourth-order valence-corrected chi connectivity index (χ4v) is 2.20. The van der Waals surface area contributed by atoms with Crippen molar-refractivity contribution in [2.75, 3.05) is 10.6 Å². The third-order valence-corrected chi connectivity index (χ3v) is 3.59. The number of nitrogens with one attached hydrogen (secondary N) is 2. The van der Waals surface area contributed by atoms with Gasteiger partial charge in [0.15, 0.2) is 0 Å². The molecule has 0 unspecified atom stereocenters. The van der Waals surface area contributed by atoms with Crippen LogP contribution >= 0.6 is 0 Å². The molecule has 0 saturated heterocycles. The maximum absolute atomic E-state index is 11.2. The first-order valence-electron chi connectivity index (χ1n) is 7.70. The zero-order valence-corrected chi connectivity index (χ0v) is 13.9. The molecule has 0 saturated carbocycles. The largest absolute Gasteiger partial charge is 0.334 e. The lowest BCUT2D eigenvalue weighted by molar-refractivity contribution is -0.384. The molecule has 1 aromatic heterocycles. The summed E-state index contributed by atoms with van der Waals surface area (Å²) in [6, 6.07) is 15.2. The van der Waals surface area contributed by atoms with Crippen LogP contribution in [0.1, 0.15) is 11.1 Å². The van der Waals surface area contributed by atoms with Gasteiger partial charge in [0.1, 0.15) is 6.20 Å². The zero-order chi connectivity index (χ0) is 17.8. The molecule has 0 fully saturated rings. The number of anilines is 4. The van der Waals surface area contributed by atoms with Crippen molar-refractivity contribution in [1.29, 1.82) is 0 Å². The highest BCUT2D eigenvalue weighted by Crippen LogP contribution is 2.26. The first-order valence-corrected chi connectivity index (χ1v) is 7.70. The van der Waals surface area contributed by atoms with E-state index in [1.54, 1.807) is 0 Å². The predicted octanol–water partition coefficient (Wildman–Crippen LogP) is 4.49. The number of hydrogen-bond donors (Lipinski definition) is 2. The molecule has 7 heteroatoms. The summed E-state index contributed by atoms with van der Waals surface area (Å²) in [5.41, 5.74) is 3.57. The summed E-state index contributed by atoms with van der Waals surface area (Å²) in [5, 5.41) is 17.3. The van der Waals surface area contributed by atoms with Crippen LogP contribution in [0.2, 0.25) is 0 Å². The smallest absolute Gasteiger partial charge is 0.329 e. The van der Waals surface area contributed by atoms with E-state index in [2.05, 4.69) is 20.6 Å². The van der Waals surface area contributed by atoms with Gasteiger partial charge in [-0.2, -0.15) is 4.98 Å². The van der Waals surface area contributed by atoms with Crippen molar-refractivity contribution in [1.82, 2.24) is 9.97 Å². The first kappa shape index (κ1) is 16.4. The molecule has 1 heterocycles. The molecule has 3 aromatic rings. The molecule has 126 valence electrons. The molecule has 0 aliphatic heterocycles. The Hall–Kier alpha value is -3.48. The van der Waals surface area contributed by atoms with Crippen LogP contribution in [-0.2, 0) is 0 Å². The van der Waals surface area contributed by atoms with Gasteiger partial charge in [0.05, 0.1) is 4.92 Å². The Morgan fingerprint density at radius 3 is 1.92 bits per heavy atom. The van der Waals surface area contributed by atoms with Crippen LogP contribution in [0.5, 0.6) is 0 Å². The van der Waals surface area contributed by atoms with Gasteiger partial charge in [-0.25, -0.2) is 4.98 Å². The summed E-state index contributed by atoms with van der Waals surface area (Å²) in [6.45, 7) is 3.97. The van der Waals surface area contributed by atoms with Gasteiger partial charge in [-0.05, 0) is 38.1 Å². The molecule has 0 atom stereocenters. The molecule has 0 amide bonds. The summed E-state index contributed by atoms with van der Waals surface area (Å²) in [4.78, 5) is 19.0. The normalized spacial score (nSPS) is 10.3. The van der Waals surface area contributed by atoms with Gasteiger partial charge < -0.3 is 10.6 Å². The molecular formula is C18H17N5O2. The molecule has 0 radical (unpaired) electrons. The Kier molecular flexibility index (Phi) is 4.56. The van der Waals surface area contributed by atoms with E-state index < -0.39 is 4.92 Å². The van der Waals surface area contributed by atoms with Crippen LogP contribution in [0.25, 0.3) is 0 Å². The molecule has 3 rings (SSSR count). The summed E-state index contributed by atoms with van der Waals surface area (Å²) in [5.74, 6) is 0.419. The van der Waals surface area contributed by atoms with Gasteiger partial charge in [0.25, 0.3) is 0 Å². The third kappa shape index (κ3) is 4.08. The van der Waals surface area contributed by atoms with Gasteiger partial charge in [-0.3, -0.25) is 10.1 Å². The Bertz CT molecular complexity index is 892. The van der Waals surface area contributed by atoms with E-state index in [9.17, 15) is 10.1 Å². The van der Waals surface area contributed by atoms with Crippen LogP contribution in [0.15, 0.2) is 54.7 Å². The lowest BCUT2D eigenvalue weighted by Gasteiger charge is -2.09. The minimum atomic E-state index is -0.508. The van der Waals surface area contributed by atoms with Crippen molar-refractivity contribution in [3.63, 3.8) is 0 Å². The molecule has 0 aliphatic rings. The highest BCUT2D eigenvalue weighted by atomic mass is 16.6. The second kappa shape index (κ2) is 6.96. The number of aryl methyl sites for hydroxylation is 2. The van der Waals surface area contributed by atoms with E-state index >= 15 is 0 Å². The van der Waals surface area contributed by atoms with Crippen molar-refractivity contribution in [2.24, 2.45) is 0 Å². The third-order valence-electron chi connectivity index (χ3n) is 3.59. The molecular weight excluding hydrogens is 318 g/mol. The van der Waals surface area contributed by atoms with Crippen molar-refractivity contribution in [3.05, 3.63) is 76.0 Å². The molecule has 2 N–H and O–H groups in total. The number of nitro groups is 1. The fraction of sp³-hybridized carbons (Fsp3) is 0.111. The molecule has 7 nitrogen and oxygen atoms in total. The van der Waals surface area contributed by atoms with Crippen LogP contribution in [-0.4, -0.2) is 14.9 Å². The van der Waals surface area contributed by atoms with Crippen LogP contribution < -0.4 is 10.6 Å². The maximum Gasteiger partial charge on any atom is 0.329 e. The Morgan fingerprint density at radius 2 is 1.40 bits per heavy atom. The number of hydrogen-bond acceptors (Lipinski definition) is 6. The van der Waals surface area contributed by atoms with E-state index in [1.165, 1.54) is 6.20 Å². The Balaban J connectivity index is 1.89. The number of nitrogens with zero attached hydrogens (tertiary/aromatic N) is 3. The number of benzene rings is 2. The SMILES string of the molecule is Cc1ccc(Nc2ncc([N+](=O)[O-])c(Nc3ccc(C)cc3)n2)cc1. The zero-order valence-electron chi connectivity index (χ0n) is 13.9. The lowest BCUT2D eigenvalue weighted by atomic mass is 10.2. The average Bonchev–Trinajstić information content (AvgIpc) is 2.59. The van der Waals surface area contributed by atoms with Crippen molar-refractivity contribution < 1.29 is 4.92 Å². The number of aromatic nitrogens is 2. The molecule has 0 spiro atoms. The monoisotopic (exact) mass is 335 g/mol. The summed E-state index contributed by atoms with van der Waals surface area (Å²) >= 11 is 0. The fourth-order valence-electron chi connectivity index (χ4n) is 2.20. The highest BCUT2D eigenvalue weighted by Gasteiger charge is 2.17. The molecule has 0 bridgehead atoms. The van der Waals surface area contributed by atoms with Crippen LogP contribution in [0, 0.1) is 24.0 Å². The minimum Gasteiger partial charge on any atom is -0.334 e. The molecule has 0 aliphatic carbocycles. The topological polar surface area (TPSA) is 93.0 Å². The summed E-state index contributed by atoms with van der Waals surface area (Å²) in [7, 11) is 0. The van der Waals surface area contributed by atoms with Gasteiger partial charge in [0.2, 0.25) is 11.8 Å². The standard InChI is InChI=1S/C18H17N5O2/c1-12-3-7-14(8-4-12)20-17-16(23(24)25)11-19-18(22-17)21-15-9-5-13(2)6-10-15/h3-11H,1-2H3,(H2,19,20,21,22). The summed E-state index contributed by atoms with van der Waals surface area (Å²) < 4.78 is 0. The van der Waals surface area contributed by atoms with Crippen molar-refractivity contribution in [2.45, 2.75) is 13.8 Å². The van der Waals surface area contributed by atoms with E-state index in [1.807, 2.05) is 62.4 Å². The van der Waals surface area contributed by atoms with Crippen molar-refractivity contribution >= 4 is 28.8 Å². The van der Waals surface area contributed by atoms with E-state index in [-0.39, 0.29) is 17.5 Å². The van der Waals surface area contributed by atoms with Gasteiger partial charge >= 0.3 is 5.69 Å². The van der Waals surface area contributed by atoms with E-state index in [4.69, 9.17) is 0 Å². The Morgan fingerprint density at radius 1 is 0.880 bits per heavy atom. The molecule has 25 heavy (non-hydrogen) atoms. The average molecular weight is 335 g/mol. The predicted molar refractivity (Wildman–Crippen MR) is 97.6 cm³/mol. The van der Waals surface area contributed by atoms with Gasteiger partial charge in [-0.1, -0.05) is 35.4 Å². The quantitative estimate of drug-likeness (QED) is 0.527. The summed E-state index contributed by atoms with van der Waals surface area (Å²) in [6.07, 6.45) is 1.19. The maximum atomic E-state index is 11.2. The second-order valence-corrected chi connectivity index (χ2v) is 5.67. The van der Waals surface area contributed by atoms with E-state index in [0.717, 1.165) is 16.8 Å². The Labute approximate surface area is 144 Å². The second-order valence-electron chi connectivity index (χ2n) is 5.67.